The Labute approximate surface area is 132 Å². The fourth-order valence-corrected chi connectivity index (χ4v) is 2.58. The first-order chi connectivity index (χ1) is 10.0. The molecule has 112 valence electrons. The smallest absolute Gasteiger partial charge is 0.129 e. The number of benzene rings is 1. The summed E-state index contributed by atoms with van der Waals surface area (Å²) in [4.78, 5) is 6.63. The number of halogens is 1. The SMILES string of the molecule is CNC(C)c1ccnc(N(C)C(C)c2ccccc2Cl)c1. The molecule has 1 aromatic carbocycles. The Morgan fingerprint density at radius 3 is 2.57 bits per heavy atom. The number of nitrogens with zero attached hydrogens (tertiary/aromatic N) is 2. The van der Waals surface area contributed by atoms with Gasteiger partial charge >= 0.3 is 0 Å². The average Bonchev–Trinajstić information content (AvgIpc) is 2.53. The minimum atomic E-state index is 0.159. The Hall–Kier alpha value is -1.58. The standard InChI is InChI=1S/C17H22ClN3/c1-12(19-3)14-9-10-20-17(11-14)21(4)13(2)15-7-5-6-8-16(15)18/h5-13,19H,1-4H3. The number of rotatable bonds is 5. The van der Waals surface area contributed by atoms with Crippen LogP contribution in [0.1, 0.15) is 37.1 Å². The first kappa shape index (κ1) is 15.8. The van der Waals surface area contributed by atoms with Crippen molar-refractivity contribution >= 4 is 17.4 Å². The molecule has 0 saturated carbocycles. The maximum Gasteiger partial charge on any atom is 0.129 e. The summed E-state index contributed by atoms with van der Waals surface area (Å²) in [6.45, 7) is 4.27. The van der Waals surface area contributed by atoms with Crippen molar-refractivity contribution in [3.63, 3.8) is 0 Å². The van der Waals surface area contributed by atoms with Gasteiger partial charge in [0.05, 0.1) is 6.04 Å². The third kappa shape index (κ3) is 3.55. The van der Waals surface area contributed by atoms with Crippen LogP contribution in [0.4, 0.5) is 5.82 Å². The summed E-state index contributed by atoms with van der Waals surface area (Å²) in [5.74, 6) is 0.946. The monoisotopic (exact) mass is 303 g/mol. The molecule has 2 atom stereocenters. The van der Waals surface area contributed by atoms with Gasteiger partial charge in [-0.15, -0.1) is 0 Å². The molecule has 0 radical (unpaired) electrons. The molecule has 2 rings (SSSR count). The van der Waals surface area contributed by atoms with E-state index >= 15 is 0 Å². The van der Waals surface area contributed by atoms with Crippen LogP contribution < -0.4 is 10.2 Å². The molecule has 2 aromatic rings. The van der Waals surface area contributed by atoms with Crippen molar-refractivity contribution in [2.45, 2.75) is 25.9 Å². The Morgan fingerprint density at radius 2 is 1.90 bits per heavy atom. The second-order valence-corrected chi connectivity index (χ2v) is 5.67. The molecule has 0 fully saturated rings. The average molecular weight is 304 g/mol. The van der Waals surface area contributed by atoms with E-state index in [1.54, 1.807) is 0 Å². The van der Waals surface area contributed by atoms with Crippen LogP contribution >= 0.6 is 11.6 Å². The van der Waals surface area contributed by atoms with E-state index < -0.39 is 0 Å². The minimum Gasteiger partial charge on any atom is -0.353 e. The molecule has 1 aromatic heterocycles. The fourth-order valence-electron chi connectivity index (χ4n) is 2.28. The van der Waals surface area contributed by atoms with Gasteiger partial charge < -0.3 is 10.2 Å². The van der Waals surface area contributed by atoms with Crippen molar-refractivity contribution in [2.75, 3.05) is 19.0 Å². The molecular weight excluding hydrogens is 282 g/mol. The van der Waals surface area contributed by atoms with Gasteiger partial charge in [-0.2, -0.15) is 0 Å². The van der Waals surface area contributed by atoms with Crippen molar-refractivity contribution in [1.29, 1.82) is 0 Å². The Kier molecular flexibility index (Phi) is 5.21. The van der Waals surface area contributed by atoms with Crippen LogP contribution in [0.15, 0.2) is 42.6 Å². The Morgan fingerprint density at radius 1 is 1.19 bits per heavy atom. The molecule has 1 N–H and O–H groups in total. The van der Waals surface area contributed by atoms with Gasteiger partial charge in [0.2, 0.25) is 0 Å². The van der Waals surface area contributed by atoms with Gasteiger partial charge in [-0.25, -0.2) is 4.98 Å². The fraction of sp³-hybridized carbons (Fsp3) is 0.353. The molecule has 3 nitrogen and oxygen atoms in total. The van der Waals surface area contributed by atoms with Crippen molar-refractivity contribution < 1.29 is 0 Å². The summed E-state index contributed by atoms with van der Waals surface area (Å²) in [7, 11) is 4.00. The number of pyridine rings is 1. The van der Waals surface area contributed by atoms with E-state index in [-0.39, 0.29) is 6.04 Å². The summed E-state index contributed by atoms with van der Waals surface area (Å²) in [6.07, 6.45) is 1.86. The molecule has 0 bridgehead atoms. The van der Waals surface area contributed by atoms with Crippen LogP contribution in [0.25, 0.3) is 0 Å². The maximum absolute atomic E-state index is 6.30. The lowest BCUT2D eigenvalue weighted by Crippen LogP contribution is -2.23. The lowest BCUT2D eigenvalue weighted by molar-refractivity contribution is 0.649. The van der Waals surface area contributed by atoms with Gasteiger partial charge in [-0.05, 0) is 50.2 Å². The van der Waals surface area contributed by atoms with Gasteiger partial charge in [0.1, 0.15) is 5.82 Å². The van der Waals surface area contributed by atoms with Crippen LogP contribution in [-0.2, 0) is 0 Å². The van der Waals surface area contributed by atoms with Crippen molar-refractivity contribution in [3.8, 4) is 0 Å². The van der Waals surface area contributed by atoms with Crippen LogP contribution in [0.5, 0.6) is 0 Å². The minimum absolute atomic E-state index is 0.159. The topological polar surface area (TPSA) is 28.2 Å². The van der Waals surface area contributed by atoms with Gasteiger partial charge in [0.25, 0.3) is 0 Å². The molecule has 21 heavy (non-hydrogen) atoms. The second kappa shape index (κ2) is 6.92. The zero-order valence-electron chi connectivity index (χ0n) is 13.0. The summed E-state index contributed by atoms with van der Waals surface area (Å²) < 4.78 is 0. The molecule has 0 saturated heterocycles. The summed E-state index contributed by atoms with van der Waals surface area (Å²) in [6, 6.07) is 12.6. The molecule has 0 aliphatic carbocycles. The number of hydrogen-bond acceptors (Lipinski definition) is 3. The predicted octanol–water partition coefficient (Wildman–Crippen LogP) is 4.21. The van der Waals surface area contributed by atoms with Gasteiger partial charge in [0.15, 0.2) is 0 Å². The molecule has 0 aliphatic rings. The quantitative estimate of drug-likeness (QED) is 0.896. The maximum atomic E-state index is 6.30. The number of nitrogens with one attached hydrogen (secondary N) is 1. The molecule has 0 amide bonds. The normalized spacial score (nSPS) is 13.8. The first-order valence-electron chi connectivity index (χ1n) is 7.15. The van der Waals surface area contributed by atoms with E-state index in [2.05, 4.69) is 41.2 Å². The van der Waals surface area contributed by atoms with E-state index in [0.29, 0.717) is 6.04 Å². The largest absolute Gasteiger partial charge is 0.353 e. The summed E-state index contributed by atoms with van der Waals surface area (Å²) in [5, 5.41) is 4.04. The van der Waals surface area contributed by atoms with Gasteiger partial charge in [-0.3, -0.25) is 0 Å². The van der Waals surface area contributed by atoms with Crippen LogP contribution in [0, 0.1) is 0 Å². The highest BCUT2D eigenvalue weighted by Gasteiger charge is 2.16. The third-order valence-electron chi connectivity index (χ3n) is 4.00. The van der Waals surface area contributed by atoms with E-state index in [0.717, 1.165) is 16.4 Å². The molecule has 1 heterocycles. The molecule has 0 spiro atoms. The number of hydrogen-bond donors (Lipinski definition) is 1. The highest BCUT2D eigenvalue weighted by molar-refractivity contribution is 6.31. The van der Waals surface area contributed by atoms with E-state index in [4.69, 9.17) is 11.6 Å². The Balaban J connectivity index is 2.27. The van der Waals surface area contributed by atoms with Crippen molar-refractivity contribution in [3.05, 3.63) is 58.7 Å². The van der Waals surface area contributed by atoms with Crippen molar-refractivity contribution in [2.24, 2.45) is 0 Å². The zero-order valence-corrected chi connectivity index (χ0v) is 13.7. The van der Waals surface area contributed by atoms with E-state index in [1.165, 1.54) is 5.56 Å². The Bertz CT molecular complexity index is 600. The molecule has 4 heteroatoms. The first-order valence-corrected chi connectivity index (χ1v) is 7.53. The van der Waals surface area contributed by atoms with E-state index in [1.807, 2.05) is 44.6 Å². The van der Waals surface area contributed by atoms with Gasteiger partial charge in [-0.1, -0.05) is 29.8 Å². The van der Waals surface area contributed by atoms with Gasteiger partial charge in [0, 0.05) is 24.3 Å². The summed E-state index contributed by atoms with van der Waals surface area (Å²) >= 11 is 6.30. The third-order valence-corrected chi connectivity index (χ3v) is 4.34. The van der Waals surface area contributed by atoms with Crippen LogP contribution in [-0.4, -0.2) is 19.1 Å². The number of aromatic nitrogens is 1. The lowest BCUT2D eigenvalue weighted by Gasteiger charge is -2.27. The second-order valence-electron chi connectivity index (χ2n) is 5.27. The highest BCUT2D eigenvalue weighted by Crippen LogP contribution is 2.29. The lowest BCUT2D eigenvalue weighted by atomic mass is 10.1. The van der Waals surface area contributed by atoms with E-state index in [9.17, 15) is 0 Å². The van der Waals surface area contributed by atoms with Crippen LogP contribution in [0.3, 0.4) is 0 Å². The summed E-state index contributed by atoms with van der Waals surface area (Å²) in [5.41, 5.74) is 2.33. The number of anilines is 1. The predicted molar refractivity (Wildman–Crippen MR) is 90.0 cm³/mol. The van der Waals surface area contributed by atoms with Crippen molar-refractivity contribution in [1.82, 2.24) is 10.3 Å². The highest BCUT2D eigenvalue weighted by atomic mass is 35.5. The zero-order chi connectivity index (χ0) is 15.4. The van der Waals surface area contributed by atoms with Crippen LogP contribution in [0.2, 0.25) is 5.02 Å². The molecule has 0 aliphatic heterocycles. The molecule has 2 unspecified atom stereocenters. The molecular formula is C17H22ClN3.